The third-order valence-electron chi connectivity index (χ3n) is 5.52. The Morgan fingerprint density at radius 1 is 1.00 bits per heavy atom. The predicted octanol–water partition coefficient (Wildman–Crippen LogP) is 4.96. The Hall–Kier alpha value is -4.06. The van der Waals surface area contributed by atoms with Crippen molar-refractivity contribution >= 4 is 28.2 Å². The van der Waals surface area contributed by atoms with E-state index < -0.39 is 17.7 Å². The van der Waals surface area contributed by atoms with Crippen LogP contribution >= 0.6 is 0 Å². The molecule has 2 aromatic carbocycles. The molecule has 0 radical (unpaired) electrons. The lowest BCUT2D eigenvalue weighted by Gasteiger charge is -2.22. The molecule has 1 unspecified atom stereocenters. The van der Waals surface area contributed by atoms with E-state index in [9.17, 15) is 14.7 Å². The summed E-state index contributed by atoms with van der Waals surface area (Å²) in [4.78, 5) is 27.5. The molecule has 1 fully saturated rings. The standard InChI is InChI=1S/C25H19NO5/c1-15-11-12-20(31-15)22-21(24(28)25(29)26(22)14-17-8-5-13-30-17)23(27)19-10-4-7-16-6-2-3-9-18(16)19/h2-13,22,27H,14H2,1H3/b23-21-. The van der Waals surface area contributed by atoms with Gasteiger partial charge in [-0.3, -0.25) is 9.59 Å². The number of aliphatic hydroxyl groups excluding tert-OH is 1. The zero-order valence-corrected chi connectivity index (χ0v) is 16.7. The summed E-state index contributed by atoms with van der Waals surface area (Å²) in [6.07, 6.45) is 1.51. The minimum atomic E-state index is -0.863. The van der Waals surface area contributed by atoms with Crippen molar-refractivity contribution in [2.45, 2.75) is 19.5 Å². The fraction of sp³-hybridized carbons (Fsp3) is 0.120. The fourth-order valence-electron chi connectivity index (χ4n) is 4.09. The van der Waals surface area contributed by atoms with Gasteiger partial charge >= 0.3 is 0 Å². The molecule has 31 heavy (non-hydrogen) atoms. The van der Waals surface area contributed by atoms with Crippen molar-refractivity contribution in [1.82, 2.24) is 4.90 Å². The van der Waals surface area contributed by atoms with Crippen molar-refractivity contribution in [2.75, 3.05) is 0 Å². The van der Waals surface area contributed by atoms with Crippen LogP contribution in [0.25, 0.3) is 16.5 Å². The van der Waals surface area contributed by atoms with Crippen LogP contribution in [0.2, 0.25) is 0 Å². The number of rotatable bonds is 4. The van der Waals surface area contributed by atoms with E-state index in [1.54, 1.807) is 37.3 Å². The van der Waals surface area contributed by atoms with E-state index in [1.807, 2.05) is 36.4 Å². The highest BCUT2D eigenvalue weighted by molar-refractivity contribution is 6.46. The summed E-state index contributed by atoms with van der Waals surface area (Å²) in [7, 11) is 0. The van der Waals surface area contributed by atoms with Crippen LogP contribution in [-0.4, -0.2) is 21.7 Å². The number of Topliss-reactive ketones (excluding diaryl/α,β-unsaturated/α-hetero) is 1. The number of benzene rings is 2. The first-order valence-corrected chi connectivity index (χ1v) is 9.90. The second-order valence-corrected chi connectivity index (χ2v) is 7.48. The molecule has 1 saturated heterocycles. The zero-order valence-electron chi connectivity index (χ0n) is 16.7. The highest BCUT2D eigenvalue weighted by atomic mass is 16.3. The molecule has 154 valence electrons. The van der Waals surface area contributed by atoms with E-state index in [0.29, 0.717) is 22.8 Å². The van der Waals surface area contributed by atoms with Crippen LogP contribution in [0, 0.1) is 6.92 Å². The molecule has 3 heterocycles. The predicted molar refractivity (Wildman–Crippen MR) is 114 cm³/mol. The van der Waals surface area contributed by atoms with Crippen molar-refractivity contribution in [3.63, 3.8) is 0 Å². The number of carbonyl (C=O) groups excluding carboxylic acids is 2. The Kier molecular flexibility index (Phi) is 4.47. The monoisotopic (exact) mass is 413 g/mol. The van der Waals surface area contributed by atoms with Crippen molar-refractivity contribution in [1.29, 1.82) is 0 Å². The number of amides is 1. The van der Waals surface area contributed by atoms with E-state index in [-0.39, 0.29) is 17.9 Å². The van der Waals surface area contributed by atoms with Gasteiger partial charge in [0.25, 0.3) is 11.7 Å². The first-order chi connectivity index (χ1) is 15.0. The molecule has 6 nitrogen and oxygen atoms in total. The number of nitrogens with zero attached hydrogens (tertiary/aromatic N) is 1. The van der Waals surface area contributed by atoms with Gasteiger partial charge in [-0.1, -0.05) is 42.5 Å². The molecule has 4 aromatic rings. The number of aliphatic hydroxyl groups is 1. The summed E-state index contributed by atoms with van der Waals surface area (Å²) in [5, 5.41) is 13.0. The number of hydrogen-bond acceptors (Lipinski definition) is 5. The Morgan fingerprint density at radius 2 is 1.81 bits per heavy atom. The third-order valence-corrected chi connectivity index (χ3v) is 5.52. The van der Waals surface area contributed by atoms with Gasteiger partial charge < -0.3 is 18.8 Å². The van der Waals surface area contributed by atoms with E-state index in [0.717, 1.165) is 10.8 Å². The van der Waals surface area contributed by atoms with Gasteiger partial charge in [0.15, 0.2) is 0 Å². The third kappa shape index (κ3) is 3.13. The molecule has 0 spiro atoms. The van der Waals surface area contributed by atoms with E-state index in [2.05, 4.69) is 0 Å². The minimum absolute atomic E-state index is 0.00209. The average molecular weight is 413 g/mol. The highest BCUT2D eigenvalue weighted by Gasteiger charge is 2.48. The van der Waals surface area contributed by atoms with Crippen molar-refractivity contribution in [3.8, 4) is 0 Å². The maximum atomic E-state index is 13.1. The number of fused-ring (bicyclic) bond motifs is 1. The molecular formula is C25H19NO5. The lowest BCUT2D eigenvalue weighted by atomic mass is 9.96. The second kappa shape index (κ2) is 7.32. The molecular weight excluding hydrogens is 394 g/mol. The SMILES string of the molecule is Cc1ccc(C2/C(=C(/O)c3cccc4ccccc34)C(=O)C(=O)N2Cc2ccco2)o1. The molecule has 0 bridgehead atoms. The Bertz CT molecular complexity index is 1320. The van der Waals surface area contributed by atoms with Crippen LogP contribution in [0.4, 0.5) is 0 Å². The summed E-state index contributed by atoms with van der Waals surface area (Å²) in [6, 6.07) is 19.1. The van der Waals surface area contributed by atoms with Gasteiger partial charge in [0.1, 0.15) is 29.1 Å². The first kappa shape index (κ1) is 18.9. The molecule has 1 N–H and O–H groups in total. The lowest BCUT2D eigenvalue weighted by Crippen LogP contribution is -2.28. The van der Waals surface area contributed by atoms with Gasteiger partial charge in [-0.15, -0.1) is 0 Å². The molecule has 1 aliphatic rings. The largest absolute Gasteiger partial charge is 0.507 e. The van der Waals surface area contributed by atoms with Crippen molar-refractivity contribution in [2.24, 2.45) is 0 Å². The highest BCUT2D eigenvalue weighted by Crippen LogP contribution is 2.41. The van der Waals surface area contributed by atoms with Crippen LogP contribution in [-0.2, 0) is 16.1 Å². The smallest absolute Gasteiger partial charge is 0.296 e. The number of likely N-dealkylation sites (tertiary alicyclic amines) is 1. The Morgan fingerprint density at radius 3 is 2.55 bits per heavy atom. The van der Waals surface area contributed by atoms with Crippen LogP contribution in [0.3, 0.4) is 0 Å². The molecule has 1 amide bonds. The summed E-state index contributed by atoms with van der Waals surface area (Å²) >= 11 is 0. The summed E-state index contributed by atoms with van der Waals surface area (Å²) in [6.45, 7) is 1.86. The molecule has 6 heteroatoms. The number of carbonyl (C=O) groups is 2. The van der Waals surface area contributed by atoms with Gasteiger partial charge in [-0.05, 0) is 42.0 Å². The quantitative estimate of drug-likeness (QED) is 0.291. The second-order valence-electron chi connectivity index (χ2n) is 7.48. The first-order valence-electron chi connectivity index (χ1n) is 9.90. The number of ketones is 1. The topological polar surface area (TPSA) is 83.9 Å². The molecule has 0 aliphatic carbocycles. The summed E-state index contributed by atoms with van der Waals surface area (Å²) < 4.78 is 11.2. The van der Waals surface area contributed by atoms with E-state index >= 15 is 0 Å². The molecule has 5 rings (SSSR count). The number of hydrogen-bond donors (Lipinski definition) is 1. The van der Waals surface area contributed by atoms with Crippen molar-refractivity contribution < 1.29 is 23.5 Å². The number of furan rings is 2. The zero-order chi connectivity index (χ0) is 21.5. The molecule has 2 aromatic heterocycles. The van der Waals surface area contributed by atoms with Gasteiger partial charge in [0.2, 0.25) is 0 Å². The fourth-order valence-corrected chi connectivity index (χ4v) is 4.09. The Labute approximate surface area is 178 Å². The van der Waals surface area contributed by atoms with Crippen LogP contribution in [0.15, 0.2) is 87.4 Å². The minimum Gasteiger partial charge on any atom is -0.507 e. The van der Waals surface area contributed by atoms with E-state index in [4.69, 9.17) is 8.83 Å². The van der Waals surface area contributed by atoms with Gasteiger partial charge in [0.05, 0.1) is 18.4 Å². The maximum Gasteiger partial charge on any atom is 0.296 e. The van der Waals surface area contributed by atoms with Gasteiger partial charge in [-0.2, -0.15) is 0 Å². The van der Waals surface area contributed by atoms with Crippen molar-refractivity contribution in [3.05, 3.63) is 101 Å². The molecule has 0 saturated carbocycles. The van der Waals surface area contributed by atoms with Gasteiger partial charge in [-0.25, -0.2) is 0 Å². The molecule has 1 atom stereocenters. The van der Waals surface area contributed by atoms with Crippen LogP contribution in [0.1, 0.15) is 28.9 Å². The maximum absolute atomic E-state index is 13.1. The molecule has 1 aliphatic heterocycles. The van der Waals surface area contributed by atoms with Crippen LogP contribution < -0.4 is 0 Å². The summed E-state index contributed by atoms with van der Waals surface area (Å²) in [5.74, 6) is -0.112. The summed E-state index contributed by atoms with van der Waals surface area (Å²) in [5.41, 5.74) is 0.490. The lowest BCUT2D eigenvalue weighted by molar-refractivity contribution is -0.140. The normalized spacial score (nSPS) is 18.2. The average Bonchev–Trinajstić information content (AvgIpc) is 3.50. The van der Waals surface area contributed by atoms with E-state index in [1.165, 1.54) is 11.2 Å². The number of aryl methyl sites for hydroxylation is 1. The van der Waals surface area contributed by atoms with Crippen LogP contribution in [0.5, 0.6) is 0 Å². The Balaban J connectivity index is 1.71. The van der Waals surface area contributed by atoms with Gasteiger partial charge in [0, 0.05) is 5.56 Å².